The number of ether oxygens (including phenoxy) is 4. The van der Waals surface area contributed by atoms with Gasteiger partial charge in [0.15, 0.2) is 18.1 Å². The van der Waals surface area contributed by atoms with Crippen molar-refractivity contribution >= 4 is 24.0 Å². The molecule has 2 N–H and O–H groups in total. The van der Waals surface area contributed by atoms with Crippen LogP contribution < -0.4 is 24.8 Å². The first-order valence-electron chi connectivity index (χ1n) is 9.72. The molecule has 0 atom stereocenters. The van der Waals surface area contributed by atoms with Crippen LogP contribution in [0, 0.1) is 0 Å². The number of urea groups is 1. The Labute approximate surface area is 175 Å². The zero-order valence-electron chi connectivity index (χ0n) is 17.5. The van der Waals surface area contributed by atoms with Crippen molar-refractivity contribution in [3.05, 3.63) is 23.8 Å². The number of methoxy groups -OCH3 is 3. The predicted molar refractivity (Wildman–Crippen MR) is 110 cm³/mol. The molecular weight excluding hydrogens is 392 g/mol. The highest BCUT2D eigenvalue weighted by Crippen LogP contribution is 2.38. The number of hydrogen-bond donors (Lipinski definition) is 2. The quantitative estimate of drug-likeness (QED) is 0.491. The van der Waals surface area contributed by atoms with E-state index in [0.717, 1.165) is 38.2 Å². The molecule has 0 aliphatic heterocycles. The summed E-state index contributed by atoms with van der Waals surface area (Å²) < 4.78 is 20.6. The molecule has 1 saturated carbocycles. The Bertz CT molecular complexity index is 761. The van der Waals surface area contributed by atoms with Gasteiger partial charge in [-0.1, -0.05) is 19.3 Å². The van der Waals surface area contributed by atoms with Gasteiger partial charge in [-0.15, -0.1) is 0 Å². The molecule has 9 heteroatoms. The van der Waals surface area contributed by atoms with E-state index in [4.69, 9.17) is 18.9 Å². The Kier molecular flexibility index (Phi) is 8.99. The van der Waals surface area contributed by atoms with Gasteiger partial charge >= 0.3 is 12.0 Å². The summed E-state index contributed by atoms with van der Waals surface area (Å²) in [6.45, 7) is -0.559. The van der Waals surface area contributed by atoms with E-state index in [1.165, 1.54) is 27.4 Å². The molecule has 0 bridgehead atoms. The standard InChI is InChI=1S/C21H28N2O7/c1-27-16-11-14(12-17(28-2)20(16)29-3)9-10-19(25)30-13-18(24)23-21(26)22-15-7-5-4-6-8-15/h9-12,15H,4-8,13H2,1-3H3,(H2,22,23,24,26)/b10-9+. The van der Waals surface area contributed by atoms with Crippen molar-refractivity contribution in [2.45, 2.75) is 38.1 Å². The Morgan fingerprint density at radius 2 is 1.63 bits per heavy atom. The first-order valence-corrected chi connectivity index (χ1v) is 9.72. The Morgan fingerprint density at radius 1 is 1.00 bits per heavy atom. The molecule has 2 rings (SSSR count). The molecule has 1 aromatic rings. The fraction of sp³-hybridized carbons (Fsp3) is 0.476. The number of nitrogens with one attached hydrogen (secondary N) is 2. The van der Waals surface area contributed by atoms with Crippen molar-refractivity contribution in [3.8, 4) is 17.2 Å². The second-order valence-corrected chi connectivity index (χ2v) is 6.76. The molecule has 1 fully saturated rings. The molecule has 0 spiro atoms. The first kappa shape index (κ1) is 23.1. The Balaban J connectivity index is 1.82. The molecule has 0 heterocycles. The molecule has 0 aromatic heterocycles. The van der Waals surface area contributed by atoms with E-state index in [1.54, 1.807) is 12.1 Å². The molecule has 1 aromatic carbocycles. The number of hydrogen-bond acceptors (Lipinski definition) is 7. The van der Waals surface area contributed by atoms with E-state index in [9.17, 15) is 14.4 Å². The highest BCUT2D eigenvalue weighted by molar-refractivity contribution is 5.96. The number of esters is 1. The van der Waals surface area contributed by atoms with Crippen LogP contribution in [0.1, 0.15) is 37.7 Å². The minimum Gasteiger partial charge on any atom is -0.493 e. The lowest BCUT2D eigenvalue weighted by molar-refractivity contribution is -0.143. The number of amides is 3. The van der Waals surface area contributed by atoms with Crippen molar-refractivity contribution in [3.63, 3.8) is 0 Å². The second-order valence-electron chi connectivity index (χ2n) is 6.76. The molecule has 0 radical (unpaired) electrons. The molecule has 30 heavy (non-hydrogen) atoms. The van der Waals surface area contributed by atoms with E-state index in [2.05, 4.69) is 10.6 Å². The van der Waals surface area contributed by atoms with E-state index < -0.39 is 24.5 Å². The van der Waals surface area contributed by atoms with Gasteiger partial charge in [-0.2, -0.15) is 0 Å². The van der Waals surface area contributed by atoms with Crippen LogP contribution >= 0.6 is 0 Å². The normalized spacial score (nSPS) is 14.1. The van der Waals surface area contributed by atoms with Crippen LogP contribution in [0.4, 0.5) is 4.79 Å². The number of carbonyl (C=O) groups excluding carboxylic acids is 3. The summed E-state index contributed by atoms with van der Waals surface area (Å²) >= 11 is 0. The number of imide groups is 1. The van der Waals surface area contributed by atoms with Gasteiger partial charge < -0.3 is 24.3 Å². The van der Waals surface area contributed by atoms with Crippen LogP contribution in [-0.2, 0) is 14.3 Å². The minimum absolute atomic E-state index is 0.0792. The Morgan fingerprint density at radius 3 is 2.20 bits per heavy atom. The largest absolute Gasteiger partial charge is 0.493 e. The smallest absolute Gasteiger partial charge is 0.331 e. The molecule has 1 aliphatic carbocycles. The van der Waals surface area contributed by atoms with E-state index in [-0.39, 0.29) is 6.04 Å². The average Bonchev–Trinajstić information content (AvgIpc) is 2.75. The van der Waals surface area contributed by atoms with Crippen LogP contribution in [0.25, 0.3) is 6.08 Å². The number of benzene rings is 1. The van der Waals surface area contributed by atoms with Crippen LogP contribution in [0.5, 0.6) is 17.2 Å². The minimum atomic E-state index is -0.730. The molecule has 0 saturated heterocycles. The highest BCUT2D eigenvalue weighted by Gasteiger charge is 2.17. The van der Waals surface area contributed by atoms with Gasteiger partial charge in [-0.25, -0.2) is 9.59 Å². The zero-order valence-corrected chi connectivity index (χ0v) is 17.5. The summed E-state index contributed by atoms with van der Waals surface area (Å²) in [6, 6.07) is 2.83. The maximum atomic E-state index is 11.9. The van der Waals surface area contributed by atoms with E-state index in [0.29, 0.717) is 22.8 Å². The topological polar surface area (TPSA) is 112 Å². The average molecular weight is 420 g/mol. The summed E-state index contributed by atoms with van der Waals surface area (Å²) in [7, 11) is 4.47. The third kappa shape index (κ3) is 6.98. The third-order valence-corrected chi connectivity index (χ3v) is 4.64. The maximum Gasteiger partial charge on any atom is 0.331 e. The molecule has 164 valence electrons. The molecule has 0 unspecified atom stereocenters. The molecule has 9 nitrogen and oxygen atoms in total. The second kappa shape index (κ2) is 11.7. The van der Waals surface area contributed by atoms with Gasteiger partial charge in [0, 0.05) is 12.1 Å². The van der Waals surface area contributed by atoms with Gasteiger partial charge in [0.05, 0.1) is 21.3 Å². The first-order chi connectivity index (χ1) is 14.5. The SMILES string of the molecule is COc1cc(/C=C/C(=O)OCC(=O)NC(=O)NC2CCCCC2)cc(OC)c1OC. The van der Waals surface area contributed by atoms with Crippen LogP contribution in [0.15, 0.2) is 18.2 Å². The van der Waals surface area contributed by atoms with Gasteiger partial charge in [0.1, 0.15) is 0 Å². The fourth-order valence-corrected chi connectivity index (χ4v) is 3.18. The Hall–Kier alpha value is -3.23. The van der Waals surface area contributed by atoms with E-state index in [1.807, 2.05) is 0 Å². The lowest BCUT2D eigenvalue weighted by Gasteiger charge is -2.22. The third-order valence-electron chi connectivity index (χ3n) is 4.64. The van der Waals surface area contributed by atoms with Crippen LogP contribution in [0.3, 0.4) is 0 Å². The zero-order chi connectivity index (χ0) is 21.9. The number of rotatable bonds is 8. The van der Waals surface area contributed by atoms with Gasteiger partial charge in [-0.05, 0) is 36.6 Å². The van der Waals surface area contributed by atoms with Crippen molar-refractivity contribution in [1.82, 2.24) is 10.6 Å². The van der Waals surface area contributed by atoms with Crippen LogP contribution in [0.2, 0.25) is 0 Å². The van der Waals surface area contributed by atoms with Gasteiger partial charge in [0.25, 0.3) is 5.91 Å². The number of carbonyl (C=O) groups is 3. The summed E-state index contributed by atoms with van der Waals surface area (Å²) in [5.74, 6) is -0.117. The molecule has 3 amide bonds. The van der Waals surface area contributed by atoms with E-state index >= 15 is 0 Å². The van der Waals surface area contributed by atoms with Crippen molar-refractivity contribution in [2.75, 3.05) is 27.9 Å². The lowest BCUT2D eigenvalue weighted by atomic mass is 9.96. The van der Waals surface area contributed by atoms with Crippen molar-refractivity contribution in [1.29, 1.82) is 0 Å². The summed E-state index contributed by atoms with van der Waals surface area (Å²) in [4.78, 5) is 35.5. The summed E-state index contributed by atoms with van der Waals surface area (Å²) in [5, 5.41) is 4.92. The van der Waals surface area contributed by atoms with Crippen LogP contribution in [-0.4, -0.2) is 51.9 Å². The predicted octanol–water partition coefficient (Wildman–Crippen LogP) is 2.43. The summed E-state index contributed by atoms with van der Waals surface area (Å²) in [5.41, 5.74) is 0.609. The van der Waals surface area contributed by atoms with Gasteiger partial charge in [0.2, 0.25) is 5.75 Å². The monoisotopic (exact) mass is 420 g/mol. The lowest BCUT2D eigenvalue weighted by Crippen LogP contribution is -2.46. The van der Waals surface area contributed by atoms with Crippen molar-refractivity contribution < 1.29 is 33.3 Å². The summed E-state index contributed by atoms with van der Waals surface area (Å²) in [6.07, 6.45) is 7.75. The van der Waals surface area contributed by atoms with Crippen molar-refractivity contribution in [2.24, 2.45) is 0 Å². The maximum absolute atomic E-state index is 11.9. The fourth-order valence-electron chi connectivity index (χ4n) is 3.18. The molecular formula is C21H28N2O7. The van der Waals surface area contributed by atoms with Gasteiger partial charge in [-0.3, -0.25) is 10.1 Å². The molecule has 1 aliphatic rings. The highest BCUT2D eigenvalue weighted by atomic mass is 16.5.